The maximum atomic E-state index is 12.1. The number of nitrogens with zero attached hydrogens (tertiary/aromatic N) is 3. The van der Waals surface area contributed by atoms with Gasteiger partial charge in [0.2, 0.25) is 10.0 Å². The highest BCUT2D eigenvalue weighted by Crippen LogP contribution is 2.45. The number of aryl methyl sites for hydroxylation is 3. The number of pyridine rings is 1. The fourth-order valence-corrected chi connectivity index (χ4v) is 6.57. The van der Waals surface area contributed by atoms with Crippen LogP contribution < -0.4 is 19.7 Å². The van der Waals surface area contributed by atoms with Crippen LogP contribution in [0, 0.1) is 27.7 Å². The lowest BCUT2D eigenvalue weighted by atomic mass is 9.96. The molecule has 1 fully saturated rings. The predicted molar refractivity (Wildman–Crippen MR) is 164 cm³/mol. The van der Waals surface area contributed by atoms with Crippen LogP contribution in [0.25, 0.3) is 5.69 Å². The Morgan fingerprint density at radius 2 is 1.73 bits per heavy atom. The number of thiocarbonyl (C=S) groups is 1. The van der Waals surface area contributed by atoms with E-state index in [1.54, 1.807) is 18.3 Å². The van der Waals surface area contributed by atoms with Gasteiger partial charge in [0.05, 0.1) is 42.5 Å². The largest absolute Gasteiger partial charge is 0.495 e. The van der Waals surface area contributed by atoms with Crippen molar-refractivity contribution in [1.29, 1.82) is 0 Å². The van der Waals surface area contributed by atoms with E-state index in [0.717, 1.165) is 34.6 Å². The summed E-state index contributed by atoms with van der Waals surface area (Å²) in [6, 6.07) is 19.3. The van der Waals surface area contributed by atoms with E-state index in [1.807, 2.05) is 29.2 Å². The number of nitrogens with one attached hydrogen (secondary N) is 2. The number of methoxy groups -OCH3 is 1. The highest BCUT2D eigenvalue weighted by molar-refractivity contribution is 7.92. The van der Waals surface area contributed by atoms with E-state index in [0.29, 0.717) is 16.5 Å². The summed E-state index contributed by atoms with van der Waals surface area (Å²) in [4.78, 5) is 6.71. The van der Waals surface area contributed by atoms with Crippen LogP contribution in [0.4, 0.5) is 11.4 Å². The maximum Gasteiger partial charge on any atom is 0.229 e. The lowest BCUT2D eigenvalue weighted by Gasteiger charge is -2.29. The quantitative estimate of drug-likeness (QED) is 0.275. The van der Waals surface area contributed by atoms with E-state index in [2.05, 4.69) is 71.6 Å². The van der Waals surface area contributed by atoms with Crippen molar-refractivity contribution in [3.8, 4) is 11.4 Å². The average molecular weight is 576 g/mol. The highest BCUT2D eigenvalue weighted by Gasteiger charge is 2.42. The molecule has 4 aromatic rings. The van der Waals surface area contributed by atoms with Crippen LogP contribution in [0.15, 0.2) is 66.9 Å². The fourth-order valence-electron chi connectivity index (χ4n) is 5.66. The van der Waals surface area contributed by atoms with Crippen LogP contribution in [0.3, 0.4) is 0 Å². The molecular formula is C30H33N5O3S2. The summed E-state index contributed by atoms with van der Waals surface area (Å²) in [6.07, 6.45) is 2.89. The minimum absolute atomic E-state index is 0.242. The fraction of sp³-hybridized carbons (Fsp3) is 0.267. The van der Waals surface area contributed by atoms with Crippen molar-refractivity contribution in [1.82, 2.24) is 14.9 Å². The van der Waals surface area contributed by atoms with Gasteiger partial charge in [-0.25, -0.2) is 8.42 Å². The third-order valence-electron chi connectivity index (χ3n) is 7.31. The van der Waals surface area contributed by atoms with E-state index in [9.17, 15) is 8.42 Å². The molecule has 10 heteroatoms. The van der Waals surface area contributed by atoms with Crippen LogP contribution in [0.1, 0.15) is 45.9 Å². The van der Waals surface area contributed by atoms with E-state index in [1.165, 1.54) is 23.9 Å². The van der Waals surface area contributed by atoms with Gasteiger partial charge in [0.15, 0.2) is 5.11 Å². The third kappa shape index (κ3) is 5.04. The van der Waals surface area contributed by atoms with E-state index in [4.69, 9.17) is 17.0 Å². The topological polar surface area (TPSA) is 88.5 Å². The summed E-state index contributed by atoms with van der Waals surface area (Å²) in [5.74, 6) is 0.415. The second kappa shape index (κ2) is 10.6. The van der Waals surface area contributed by atoms with E-state index >= 15 is 0 Å². The molecule has 0 unspecified atom stereocenters. The molecule has 3 heterocycles. The lowest BCUT2D eigenvalue weighted by Crippen LogP contribution is -2.29. The normalized spacial score (nSPS) is 17.1. The smallest absolute Gasteiger partial charge is 0.229 e. The molecule has 0 amide bonds. The molecule has 2 aromatic carbocycles. The Bertz CT molecular complexity index is 1680. The second-order valence-electron chi connectivity index (χ2n) is 10.2. The summed E-state index contributed by atoms with van der Waals surface area (Å²) in [5.41, 5.74) is 8.78. The molecule has 1 aliphatic rings. The molecule has 40 heavy (non-hydrogen) atoms. The van der Waals surface area contributed by atoms with Crippen molar-refractivity contribution >= 4 is 38.7 Å². The number of ether oxygens (including phenoxy) is 1. The van der Waals surface area contributed by atoms with Crippen LogP contribution in [-0.2, 0) is 10.0 Å². The second-order valence-corrected chi connectivity index (χ2v) is 12.3. The molecule has 5 rings (SSSR count). The van der Waals surface area contributed by atoms with Gasteiger partial charge in [0.1, 0.15) is 5.75 Å². The van der Waals surface area contributed by atoms with Gasteiger partial charge >= 0.3 is 0 Å². The minimum Gasteiger partial charge on any atom is -0.495 e. The Morgan fingerprint density at radius 1 is 1.00 bits per heavy atom. The zero-order valence-electron chi connectivity index (χ0n) is 23.4. The zero-order valence-corrected chi connectivity index (χ0v) is 25.0. The number of benzene rings is 2. The van der Waals surface area contributed by atoms with Gasteiger partial charge < -0.3 is 19.5 Å². The first-order chi connectivity index (χ1) is 19.0. The number of para-hydroxylation sites is 1. The van der Waals surface area contributed by atoms with Crippen molar-refractivity contribution in [2.75, 3.05) is 23.0 Å². The molecule has 2 N–H and O–H groups in total. The Kier molecular flexibility index (Phi) is 7.32. The summed E-state index contributed by atoms with van der Waals surface area (Å²) < 4.78 is 34.6. The lowest BCUT2D eigenvalue weighted by molar-refractivity contribution is 0.417. The average Bonchev–Trinajstić information content (AvgIpc) is 3.39. The van der Waals surface area contributed by atoms with Crippen LogP contribution >= 0.6 is 12.2 Å². The summed E-state index contributed by atoms with van der Waals surface area (Å²) in [5, 5.41) is 4.02. The number of anilines is 2. The van der Waals surface area contributed by atoms with Gasteiger partial charge in [-0.2, -0.15) is 0 Å². The molecule has 0 spiro atoms. The third-order valence-corrected chi connectivity index (χ3v) is 8.21. The monoisotopic (exact) mass is 575 g/mol. The standard InChI is InChI=1S/C30H33N5O3S2/c1-18-10-9-11-19(2)28(18)34-20(3)16-23(21(34)4)29-27(24-12-7-8-15-31-24)32-30(39)35(29)22-13-14-26(38-5)25(17-22)33-40(6,36)37/h7-17,27,29,33H,1-6H3,(H,32,39)/t27-,29+/m0/s1. The molecule has 0 radical (unpaired) electrons. The molecule has 2 atom stereocenters. The minimum atomic E-state index is -3.54. The van der Waals surface area contributed by atoms with Crippen molar-refractivity contribution in [2.24, 2.45) is 0 Å². The number of sulfonamides is 1. The number of hydrogen-bond donors (Lipinski definition) is 2. The Hall–Kier alpha value is -3.89. The van der Waals surface area contributed by atoms with Crippen LogP contribution in [-0.4, -0.2) is 36.4 Å². The first kappa shape index (κ1) is 27.7. The van der Waals surface area contributed by atoms with Crippen LogP contribution in [0.5, 0.6) is 5.75 Å². The summed E-state index contributed by atoms with van der Waals surface area (Å²) >= 11 is 5.92. The van der Waals surface area contributed by atoms with Crippen molar-refractivity contribution < 1.29 is 13.2 Å². The number of aromatic nitrogens is 2. The van der Waals surface area contributed by atoms with Crippen molar-refractivity contribution in [2.45, 2.75) is 39.8 Å². The van der Waals surface area contributed by atoms with Gasteiger partial charge in [-0.15, -0.1) is 0 Å². The SMILES string of the molecule is COc1ccc(N2C(=S)N[C@@H](c3ccccn3)[C@H]2c2cc(C)n(-c3c(C)cccc3C)c2C)cc1NS(C)(=O)=O. The zero-order chi connectivity index (χ0) is 28.8. The molecule has 2 aromatic heterocycles. The number of rotatable bonds is 7. The molecule has 0 saturated carbocycles. The first-order valence-corrected chi connectivity index (χ1v) is 15.2. The summed E-state index contributed by atoms with van der Waals surface area (Å²) in [7, 11) is -2.03. The summed E-state index contributed by atoms with van der Waals surface area (Å²) in [6.45, 7) is 8.51. The van der Waals surface area contributed by atoms with Gasteiger partial charge in [0.25, 0.3) is 0 Å². The van der Waals surface area contributed by atoms with E-state index in [-0.39, 0.29) is 12.1 Å². The molecule has 0 aliphatic carbocycles. The predicted octanol–water partition coefficient (Wildman–Crippen LogP) is 5.66. The van der Waals surface area contributed by atoms with E-state index < -0.39 is 10.0 Å². The number of hydrogen-bond acceptors (Lipinski definition) is 5. The molecule has 1 aliphatic heterocycles. The van der Waals surface area contributed by atoms with Gasteiger partial charge in [-0.05, 0) is 93.0 Å². The Labute approximate surface area is 241 Å². The van der Waals surface area contributed by atoms with Gasteiger partial charge in [-0.3, -0.25) is 9.71 Å². The molecule has 208 valence electrons. The highest BCUT2D eigenvalue weighted by atomic mass is 32.2. The molecule has 8 nitrogen and oxygen atoms in total. The maximum absolute atomic E-state index is 12.1. The van der Waals surface area contributed by atoms with Crippen molar-refractivity contribution in [3.63, 3.8) is 0 Å². The Balaban J connectivity index is 1.71. The molecular weight excluding hydrogens is 542 g/mol. The Morgan fingerprint density at radius 3 is 2.35 bits per heavy atom. The molecule has 1 saturated heterocycles. The van der Waals surface area contributed by atoms with Gasteiger partial charge in [-0.1, -0.05) is 24.3 Å². The van der Waals surface area contributed by atoms with Crippen molar-refractivity contribution in [3.05, 3.63) is 101 Å². The first-order valence-electron chi connectivity index (χ1n) is 12.9. The van der Waals surface area contributed by atoms with Gasteiger partial charge in [0, 0.05) is 23.3 Å². The van der Waals surface area contributed by atoms with Crippen LogP contribution in [0.2, 0.25) is 0 Å². The molecule has 0 bridgehead atoms.